The average molecular weight is 503 g/mol. The van der Waals surface area contributed by atoms with E-state index in [9.17, 15) is 35.2 Å². The molecule has 0 saturated carbocycles. The van der Waals surface area contributed by atoms with Gasteiger partial charge in [0.25, 0.3) is 16.4 Å². The van der Waals surface area contributed by atoms with Gasteiger partial charge >= 0.3 is 12.2 Å². The largest absolute Gasteiger partial charge is 0.405 e. The number of likely N-dealkylation sites (tertiary alicyclic amines) is 1. The third kappa shape index (κ3) is 4.55. The summed E-state index contributed by atoms with van der Waals surface area (Å²) in [4.78, 5) is 13.3. The molecule has 2 amide bonds. The van der Waals surface area contributed by atoms with Crippen molar-refractivity contribution in [2.75, 3.05) is 30.5 Å². The van der Waals surface area contributed by atoms with Gasteiger partial charge in [-0.2, -0.15) is 13.2 Å². The van der Waals surface area contributed by atoms with Gasteiger partial charge in [0, 0.05) is 30.6 Å². The van der Waals surface area contributed by atoms with Crippen molar-refractivity contribution in [2.45, 2.75) is 35.8 Å². The van der Waals surface area contributed by atoms with Crippen LogP contribution in [0.4, 0.5) is 32.4 Å². The van der Waals surface area contributed by atoms with E-state index in [2.05, 4.69) is 0 Å². The first kappa shape index (κ1) is 24.2. The Kier molecular flexibility index (Phi) is 6.21. The molecule has 2 aromatic carbocycles. The molecule has 1 spiro atoms. The number of halogens is 5. The SMILES string of the molecule is O=C(NCC(F)(F)F)N1CCC2(CC1)CN(S(=O)(=O)c1ccc(C(F)F)cc1)c1ccccc12. The normalized spacial score (nSPS) is 17.8. The number of amides is 2. The van der Waals surface area contributed by atoms with E-state index in [4.69, 9.17) is 0 Å². The van der Waals surface area contributed by atoms with Crippen LogP contribution in [-0.2, 0) is 15.4 Å². The number of alkyl halides is 5. The minimum atomic E-state index is -4.51. The van der Waals surface area contributed by atoms with Crippen LogP contribution in [0, 0.1) is 0 Å². The van der Waals surface area contributed by atoms with Crippen molar-refractivity contribution in [3.05, 3.63) is 59.7 Å². The Balaban J connectivity index is 1.55. The zero-order valence-electron chi connectivity index (χ0n) is 17.9. The van der Waals surface area contributed by atoms with Crippen LogP contribution in [0.1, 0.15) is 30.4 Å². The Bertz CT molecular complexity index is 1160. The number of hydrogen-bond donors (Lipinski definition) is 1. The first-order chi connectivity index (χ1) is 15.9. The van der Waals surface area contributed by atoms with Crippen LogP contribution in [0.3, 0.4) is 0 Å². The van der Waals surface area contributed by atoms with Gasteiger partial charge in [-0.1, -0.05) is 30.3 Å². The fourth-order valence-electron chi connectivity index (χ4n) is 4.56. The molecule has 0 aromatic heterocycles. The predicted octanol–water partition coefficient (Wildman–Crippen LogP) is 4.44. The first-order valence-corrected chi connectivity index (χ1v) is 12.0. The number of nitrogens with zero attached hydrogens (tertiary/aromatic N) is 2. The monoisotopic (exact) mass is 503 g/mol. The molecule has 0 atom stereocenters. The van der Waals surface area contributed by atoms with Crippen LogP contribution in [0.25, 0.3) is 0 Å². The number of rotatable bonds is 4. The van der Waals surface area contributed by atoms with Gasteiger partial charge in [-0.25, -0.2) is 22.0 Å². The average Bonchev–Trinajstić information content (AvgIpc) is 3.12. The number of anilines is 1. The second-order valence-corrected chi connectivity index (χ2v) is 10.3. The van der Waals surface area contributed by atoms with Gasteiger partial charge in [0.15, 0.2) is 0 Å². The number of urea groups is 1. The smallest absolute Gasteiger partial charge is 0.329 e. The number of fused-ring (bicyclic) bond motifs is 2. The van der Waals surface area contributed by atoms with Gasteiger partial charge in [-0.05, 0) is 36.6 Å². The van der Waals surface area contributed by atoms with Crippen molar-refractivity contribution in [2.24, 2.45) is 0 Å². The fraction of sp³-hybridized carbons (Fsp3) is 0.409. The fourth-order valence-corrected chi connectivity index (χ4v) is 6.13. The lowest BCUT2D eigenvalue weighted by Gasteiger charge is -2.39. The number of sulfonamides is 1. The minimum Gasteiger partial charge on any atom is -0.329 e. The zero-order valence-corrected chi connectivity index (χ0v) is 18.7. The Labute approximate surface area is 193 Å². The van der Waals surface area contributed by atoms with E-state index in [0.29, 0.717) is 18.5 Å². The Morgan fingerprint density at radius 1 is 1.03 bits per heavy atom. The highest BCUT2D eigenvalue weighted by atomic mass is 32.2. The maximum atomic E-state index is 13.4. The quantitative estimate of drug-likeness (QED) is 0.628. The number of para-hydroxylation sites is 1. The summed E-state index contributed by atoms with van der Waals surface area (Å²) in [5.41, 5.74) is 0.342. The number of piperidine rings is 1. The molecule has 0 radical (unpaired) electrons. The van der Waals surface area contributed by atoms with E-state index in [1.54, 1.807) is 18.2 Å². The number of nitrogens with one attached hydrogen (secondary N) is 1. The summed E-state index contributed by atoms with van der Waals surface area (Å²) >= 11 is 0. The highest BCUT2D eigenvalue weighted by molar-refractivity contribution is 7.92. The summed E-state index contributed by atoms with van der Waals surface area (Å²) in [5, 5.41) is 1.86. The summed E-state index contributed by atoms with van der Waals surface area (Å²) in [6.45, 7) is -1.01. The number of carbonyl (C=O) groups is 1. The molecule has 2 aliphatic rings. The van der Waals surface area contributed by atoms with E-state index in [0.717, 1.165) is 29.8 Å². The molecule has 12 heteroatoms. The van der Waals surface area contributed by atoms with Crippen molar-refractivity contribution in [3.63, 3.8) is 0 Å². The zero-order chi connectivity index (χ0) is 24.7. The molecule has 34 heavy (non-hydrogen) atoms. The van der Waals surface area contributed by atoms with Gasteiger partial charge in [-0.15, -0.1) is 0 Å². The maximum Gasteiger partial charge on any atom is 0.405 e. The molecule has 6 nitrogen and oxygen atoms in total. The summed E-state index contributed by atoms with van der Waals surface area (Å²) in [6.07, 6.45) is -6.51. The molecule has 0 bridgehead atoms. The minimum absolute atomic E-state index is 0.0866. The maximum absolute atomic E-state index is 13.4. The van der Waals surface area contributed by atoms with Gasteiger partial charge in [0.1, 0.15) is 6.54 Å². The van der Waals surface area contributed by atoms with Crippen LogP contribution in [0.15, 0.2) is 53.4 Å². The van der Waals surface area contributed by atoms with E-state index in [1.165, 1.54) is 9.21 Å². The molecule has 1 saturated heterocycles. The van der Waals surface area contributed by atoms with E-state index in [-0.39, 0.29) is 30.1 Å². The van der Waals surface area contributed by atoms with Crippen molar-refractivity contribution < 1.29 is 35.2 Å². The molecule has 2 aliphatic heterocycles. The van der Waals surface area contributed by atoms with Gasteiger partial charge < -0.3 is 10.2 Å². The first-order valence-electron chi connectivity index (χ1n) is 10.5. The third-order valence-corrected chi connectivity index (χ3v) is 8.13. The van der Waals surface area contributed by atoms with E-state index < -0.39 is 40.6 Å². The second-order valence-electron chi connectivity index (χ2n) is 8.44. The highest BCUT2D eigenvalue weighted by Gasteiger charge is 2.48. The van der Waals surface area contributed by atoms with Crippen LogP contribution >= 0.6 is 0 Å². The number of benzene rings is 2. The standard InChI is InChI=1S/C22H22F5N3O3S/c23-19(24)15-5-7-16(8-6-15)34(32,33)30-14-21(17-3-1-2-4-18(17)30)9-11-29(12-10-21)20(31)28-13-22(25,26)27/h1-8,19H,9-14H2,(H,28,31). The predicted molar refractivity (Wildman–Crippen MR) is 114 cm³/mol. The molecule has 2 heterocycles. The second kappa shape index (κ2) is 8.71. The Morgan fingerprint density at radius 2 is 1.65 bits per heavy atom. The molecule has 184 valence electrons. The Hall–Kier alpha value is -2.89. The third-order valence-electron chi connectivity index (χ3n) is 6.36. The Morgan fingerprint density at radius 3 is 2.24 bits per heavy atom. The highest BCUT2D eigenvalue weighted by Crippen LogP contribution is 2.48. The summed E-state index contributed by atoms with van der Waals surface area (Å²) in [7, 11) is -4.05. The van der Waals surface area contributed by atoms with Crippen molar-refractivity contribution >= 4 is 21.7 Å². The molecule has 0 unspecified atom stereocenters. The topological polar surface area (TPSA) is 69.7 Å². The number of hydrogen-bond acceptors (Lipinski definition) is 3. The van der Waals surface area contributed by atoms with Gasteiger partial charge in [0.2, 0.25) is 0 Å². The van der Waals surface area contributed by atoms with Crippen LogP contribution in [0.2, 0.25) is 0 Å². The lowest BCUT2D eigenvalue weighted by Crippen LogP contribution is -2.51. The molecule has 1 N–H and O–H groups in total. The molecular formula is C22H22F5N3O3S. The summed E-state index contributed by atoms with van der Waals surface area (Å²) in [6, 6.07) is 10.6. The van der Waals surface area contributed by atoms with Crippen molar-refractivity contribution in [1.29, 1.82) is 0 Å². The van der Waals surface area contributed by atoms with Crippen molar-refractivity contribution in [1.82, 2.24) is 10.2 Å². The summed E-state index contributed by atoms with van der Waals surface area (Å²) < 4.78 is 91.1. The lowest BCUT2D eigenvalue weighted by atomic mass is 9.74. The van der Waals surface area contributed by atoms with Crippen LogP contribution in [0.5, 0.6) is 0 Å². The molecule has 1 fully saturated rings. The van der Waals surface area contributed by atoms with E-state index >= 15 is 0 Å². The molecule has 4 rings (SSSR count). The van der Waals surface area contributed by atoms with Gasteiger partial charge in [0.05, 0.1) is 10.6 Å². The van der Waals surface area contributed by atoms with Gasteiger partial charge in [-0.3, -0.25) is 4.31 Å². The number of carbonyl (C=O) groups excluding carboxylic acids is 1. The van der Waals surface area contributed by atoms with Crippen molar-refractivity contribution in [3.8, 4) is 0 Å². The lowest BCUT2D eigenvalue weighted by molar-refractivity contribution is -0.123. The van der Waals surface area contributed by atoms with E-state index in [1.807, 2.05) is 11.4 Å². The molecule has 2 aromatic rings. The van der Waals surface area contributed by atoms with Crippen LogP contribution in [-0.4, -0.2) is 51.7 Å². The summed E-state index contributed by atoms with van der Waals surface area (Å²) in [5.74, 6) is 0. The molecule has 0 aliphatic carbocycles. The molecular weight excluding hydrogens is 481 g/mol. The van der Waals surface area contributed by atoms with Crippen LogP contribution < -0.4 is 9.62 Å².